The molecule has 0 saturated heterocycles. The third-order valence-electron chi connectivity index (χ3n) is 6.81. The van der Waals surface area contributed by atoms with Crippen molar-refractivity contribution in [1.29, 1.82) is 0 Å². The van der Waals surface area contributed by atoms with Gasteiger partial charge in [0.15, 0.2) is 0 Å². The number of furan rings is 1. The molecule has 170 valence electrons. The zero-order valence-electron chi connectivity index (χ0n) is 19.6. The first kappa shape index (κ1) is 20.5. The van der Waals surface area contributed by atoms with Crippen LogP contribution in [0, 0.1) is 0 Å². The maximum Gasteiger partial charge on any atom is 0.136 e. The Morgan fingerprint density at radius 1 is 0.444 bits per heavy atom. The molecule has 2 heteroatoms. The Bertz CT molecular complexity index is 1860. The van der Waals surface area contributed by atoms with E-state index in [-0.39, 0.29) is 0 Å². The normalized spacial score (nSPS) is 11.3. The van der Waals surface area contributed by atoms with Gasteiger partial charge in [-0.15, -0.1) is 0 Å². The molecule has 1 heterocycles. The van der Waals surface area contributed by atoms with E-state index in [1.54, 1.807) is 0 Å². The minimum Gasteiger partial charge on any atom is -0.456 e. The monoisotopic (exact) mass is 461 g/mol. The molecule has 0 fully saturated rings. The Balaban J connectivity index is 1.36. The third kappa shape index (κ3) is 3.60. The maximum absolute atomic E-state index is 6.28. The van der Waals surface area contributed by atoms with E-state index in [1.807, 2.05) is 18.2 Å². The lowest BCUT2D eigenvalue weighted by Gasteiger charge is -2.09. The number of hydrogen-bond donors (Lipinski definition) is 1. The number of benzene rings is 6. The van der Waals surface area contributed by atoms with Crippen LogP contribution in [0.2, 0.25) is 0 Å². The van der Waals surface area contributed by atoms with Crippen molar-refractivity contribution < 1.29 is 4.42 Å². The van der Waals surface area contributed by atoms with Gasteiger partial charge < -0.3 is 9.73 Å². The molecule has 0 amide bonds. The quantitative estimate of drug-likeness (QED) is 0.282. The van der Waals surface area contributed by atoms with Crippen molar-refractivity contribution in [2.75, 3.05) is 5.32 Å². The fraction of sp³-hybridized carbons (Fsp3) is 0. The molecule has 0 bridgehead atoms. The van der Waals surface area contributed by atoms with Gasteiger partial charge in [-0.25, -0.2) is 0 Å². The Morgan fingerprint density at radius 2 is 1.19 bits per heavy atom. The minimum atomic E-state index is 0.903. The molecule has 0 aliphatic carbocycles. The molecule has 0 atom stereocenters. The fourth-order valence-corrected chi connectivity index (χ4v) is 5.07. The van der Waals surface area contributed by atoms with Crippen molar-refractivity contribution in [3.05, 3.63) is 133 Å². The lowest BCUT2D eigenvalue weighted by Crippen LogP contribution is -1.90. The Hall–Kier alpha value is -4.82. The zero-order valence-corrected chi connectivity index (χ0v) is 19.6. The molecule has 1 N–H and O–H groups in total. The summed E-state index contributed by atoms with van der Waals surface area (Å²) in [6.07, 6.45) is 0. The highest BCUT2D eigenvalue weighted by Gasteiger charge is 2.14. The molecule has 0 radical (unpaired) electrons. The molecule has 7 rings (SSSR count). The second-order valence-corrected chi connectivity index (χ2v) is 9.13. The van der Waals surface area contributed by atoms with Gasteiger partial charge in [0, 0.05) is 22.1 Å². The van der Waals surface area contributed by atoms with Crippen LogP contribution in [0.3, 0.4) is 0 Å². The number of nitrogens with one attached hydrogen (secondary N) is 1. The molecule has 0 aliphatic heterocycles. The predicted octanol–water partition coefficient (Wildman–Crippen LogP) is 9.82. The summed E-state index contributed by atoms with van der Waals surface area (Å²) in [5.41, 5.74) is 8.66. The summed E-state index contributed by atoms with van der Waals surface area (Å²) in [5.74, 6) is 0. The average molecular weight is 462 g/mol. The Labute approximate surface area is 209 Å². The third-order valence-corrected chi connectivity index (χ3v) is 6.81. The summed E-state index contributed by atoms with van der Waals surface area (Å²) in [5, 5.41) is 8.28. The summed E-state index contributed by atoms with van der Waals surface area (Å²) in [4.78, 5) is 0. The number of rotatable bonds is 4. The van der Waals surface area contributed by atoms with E-state index < -0.39 is 0 Å². The first-order chi connectivity index (χ1) is 17.8. The van der Waals surface area contributed by atoms with Crippen molar-refractivity contribution in [1.82, 2.24) is 0 Å². The zero-order chi connectivity index (χ0) is 23.9. The van der Waals surface area contributed by atoms with E-state index in [1.165, 1.54) is 21.9 Å². The number of hydrogen-bond acceptors (Lipinski definition) is 2. The molecule has 0 spiro atoms. The van der Waals surface area contributed by atoms with Crippen LogP contribution >= 0.6 is 0 Å². The van der Waals surface area contributed by atoms with E-state index in [2.05, 4.69) is 121 Å². The van der Waals surface area contributed by atoms with Crippen molar-refractivity contribution in [3.8, 4) is 22.3 Å². The number of fused-ring (bicyclic) bond motifs is 4. The van der Waals surface area contributed by atoms with Crippen LogP contribution < -0.4 is 5.32 Å². The molecular formula is C34H23NO. The van der Waals surface area contributed by atoms with Crippen LogP contribution in [0.25, 0.3) is 55.0 Å². The van der Waals surface area contributed by atoms with Crippen molar-refractivity contribution in [2.24, 2.45) is 0 Å². The summed E-state index contributed by atoms with van der Waals surface area (Å²) < 4.78 is 6.28. The fourth-order valence-electron chi connectivity index (χ4n) is 5.07. The lowest BCUT2D eigenvalue weighted by atomic mass is 9.96. The second-order valence-electron chi connectivity index (χ2n) is 9.13. The minimum absolute atomic E-state index is 0.903. The van der Waals surface area contributed by atoms with Gasteiger partial charge in [-0.2, -0.15) is 0 Å². The summed E-state index contributed by atoms with van der Waals surface area (Å²) >= 11 is 0. The van der Waals surface area contributed by atoms with E-state index in [0.717, 1.165) is 44.4 Å². The molecule has 0 unspecified atom stereocenters. The number of anilines is 2. The standard InChI is InChI=1S/C34H23NO/c1-2-11-28(12-3-1)35-29-13-6-10-25(21-29)26-18-19-32-31(22-26)34-30(14-7-15-33(34)36-32)27-17-16-23-8-4-5-9-24(23)20-27/h1-22,35H. The smallest absolute Gasteiger partial charge is 0.136 e. The van der Waals surface area contributed by atoms with Crippen LogP contribution in [0.1, 0.15) is 0 Å². The van der Waals surface area contributed by atoms with Crippen LogP contribution in [0.4, 0.5) is 11.4 Å². The topological polar surface area (TPSA) is 25.2 Å². The number of para-hydroxylation sites is 1. The summed E-state index contributed by atoms with van der Waals surface area (Å²) in [6, 6.07) is 46.8. The van der Waals surface area contributed by atoms with Gasteiger partial charge in [-0.1, -0.05) is 84.9 Å². The summed E-state index contributed by atoms with van der Waals surface area (Å²) in [7, 11) is 0. The average Bonchev–Trinajstić information content (AvgIpc) is 3.32. The maximum atomic E-state index is 6.28. The molecule has 7 aromatic rings. The van der Waals surface area contributed by atoms with Gasteiger partial charge in [0.1, 0.15) is 11.2 Å². The highest BCUT2D eigenvalue weighted by Crippen LogP contribution is 2.39. The van der Waals surface area contributed by atoms with Gasteiger partial charge in [-0.05, 0) is 81.6 Å². The molecule has 36 heavy (non-hydrogen) atoms. The lowest BCUT2D eigenvalue weighted by molar-refractivity contribution is 0.669. The predicted molar refractivity (Wildman–Crippen MR) is 152 cm³/mol. The highest BCUT2D eigenvalue weighted by molar-refractivity contribution is 6.13. The van der Waals surface area contributed by atoms with Gasteiger partial charge >= 0.3 is 0 Å². The molecular weight excluding hydrogens is 438 g/mol. The first-order valence-corrected chi connectivity index (χ1v) is 12.2. The van der Waals surface area contributed by atoms with Gasteiger partial charge in [0.05, 0.1) is 0 Å². The van der Waals surface area contributed by atoms with Crippen LogP contribution in [-0.2, 0) is 0 Å². The molecule has 6 aromatic carbocycles. The molecule has 0 saturated carbocycles. The largest absolute Gasteiger partial charge is 0.456 e. The highest BCUT2D eigenvalue weighted by atomic mass is 16.3. The van der Waals surface area contributed by atoms with E-state index in [0.29, 0.717) is 0 Å². The Morgan fingerprint density at radius 3 is 2.11 bits per heavy atom. The van der Waals surface area contributed by atoms with Crippen LogP contribution in [0.15, 0.2) is 138 Å². The van der Waals surface area contributed by atoms with Crippen molar-refractivity contribution in [2.45, 2.75) is 0 Å². The van der Waals surface area contributed by atoms with Gasteiger partial charge in [0.2, 0.25) is 0 Å². The molecule has 1 aromatic heterocycles. The van der Waals surface area contributed by atoms with Crippen molar-refractivity contribution >= 4 is 44.1 Å². The van der Waals surface area contributed by atoms with Gasteiger partial charge in [-0.3, -0.25) is 0 Å². The van der Waals surface area contributed by atoms with Gasteiger partial charge in [0.25, 0.3) is 0 Å². The van der Waals surface area contributed by atoms with E-state index in [4.69, 9.17) is 4.42 Å². The molecule has 0 aliphatic rings. The van der Waals surface area contributed by atoms with Crippen LogP contribution in [-0.4, -0.2) is 0 Å². The van der Waals surface area contributed by atoms with Crippen LogP contribution in [0.5, 0.6) is 0 Å². The summed E-state index contributed by atoms with van der Waals surface area (Å²) in [6.45, 7) is 0. The Kier molecular flexibility index (Phi) is 4.82. The molecule has 2 nitrogen and oxygen atoms in total. The first-order valence-electron chi connectivity index (χ1n) is 12.2. The second kappa shape index (κ2) is 8.44. The van der Waals surface area contributed by atoms with E-state index in [9.17, 15) is 0 Å². The SMILES string of the molecule is c1ccc(Nc2cccc(-c3ccc4oc5cccc(-c6ccc7ccccc7c6)c5c4c3)c2)cc1. The van der Waals surface area contributed by atoms with Crippen molar-refractivity contribution in [3.63, 3.8) is 0 Å². The van der Waals surface area contributed by atoms with E-state index >= 15 is 0 Å².